The molecule has 0 saturated heterocycles. The second-order valence-corrected chi connectivity index (χ2v) is 6.20. The van der Waals surface area contributed by atoms with Crippen LogP contribution in [0.15, 0.2) is 18.2 Å². The molecule has 0 unspecified atom stereocenters. The van der Waals surface area contributed by atoms with E-state index in [-0.39, 0.29) is 12.0 Å². The maximum absolute atomic E-state index is 12.6. The molecule has 124 valence electrons. The molecular weight excluding hydrogens is 292 g/mol. The Morgan fingerprint density at radius 3 is 2.57 bits per heavy atom. The van der Waals surface area contributed by atoms with Crippen LogP contribution in [0.25, 0.3) is 0 Å². The molecule has 23 heavy (non-hydrogen) atoms. The van der Waals surface area contributed by atoms with E-state index in [2.05, 4.69) is 11.4 Å². The van der Waals surface area contributed by atoms with Crippen molar-refractivity contribution in [2.75, 3.05) is 12.4 Å². The molecule has 1 amide bonds. The Morgan fingerprint density at radius 1 is 1.30 bits per heavy atom. The summed E-state index contributed by atoms with van der Waals surface area (Å²) in [6.07, 6.45) is 4.57. The number of nitriles is 1. The normalized spacial score (nSPS) is 16.7. The van der Waals surface area contributed by atoms with Crippen molar-refractivity contribution in [3.63, 3.8) is 0 Å². The SMILES string of the molecule is COC1(C(=O)Nc2ccc(OC(C)C)c(C#N)c2)CCCCC1. The molecule has 0 aliphatic heterocycles. The fourth-order valence-corrected chi connectivity index (χ4v) is 2.94. The van der Waals surface area contributed by atoms with Crippen LogP contribution in [-0.4, -0.2) is 24.7 Å². The topological polar surface area (TPSA) is 71.3 Å². The summed E-state index contributed by atoms with van der Waals surface area (Å²) >= 11 is 0. The first kappa shape index (κ1) is 17.3. The molecule has 1 aromatic rings. The lowest BCUT2D eigenvalue weighted by molar-refractivity contribution is -0.141. The minimum absolute atomic E-state index is 0.0125. The zero-order valence-corrected chi connectivity index (χ0v) is 14.0. The summed E-state index contributed by atoms with van der Waals surface area (Å²) in [6.45, 7) is 3.81. The van der Waals surface area contributed by atoms with Crippen molar-refractivity contribution < 1.29 is 14.3 Å². The van der Waals surface area contributed by atoms with Gasteiger partial charge in [-0.25, -0.2) is 0 Å². The number of hydrogen-bond donors (Lipinski definition) is 1. The first-order valence-electron chi connectivity index (χ1n) is 8.08. The molecule has 0 bridgehead atoms. The average Bonchev–Trinajstić information content (AvgIpc) is 2.56. The standard InChI is InChI=1S/C18H24N2O3/c1-13(2)23-16-8-7-15(11-14(16)12-19)20-17(21)18(22-3)9-5-4-6-10-18/h7-8,11,13H,4-6,9-10H2,1-3H3,(H,20,21). The van der Waals surface area contributed by atoms with Crippen molar-refractivity contribution in [1.29, 1.82) is 5.26 Å². The molecule has 0 heterocycles. The lowest BCUT2D eigenvalue weighted by Gasteiger charge is -2.34. The van der Waals surface area contributed by atoms with Gasteiger partial charge in [-0.15, -0.1) is 0 Å². The number of rotatable bonds is 5. The maximum Gasteiger partial charge on any atom is 0.256 e. The van der Waals surface area contributed by atoms with Gasteiger partial charge in [-0.2, -0.15) is 5.26 Å². The van der Waals surface area contributed by atoms with Crippen LogP contribution in [0.2, 0.25) is 0 Å². The number of amides is 1. The van der Waals surface area contributed by atoms with E-state index < -0.39 is 5.60 Å². The summed E-state index contributed by atoms with van der Waals surface area (Å²) in [5.41, 5.74) is 0.245. The van der Waals surface area contributed by atoms with Crippen molar-refractivity contribution >= 4 is 11.6 Å². The van der Waals surface area contributed by atoms with Gasteiger partial charge in [0.1, 0.15) is 17.4 Å². The molecule has 0 atom stereocenters. The summed E-state index contributed by atoms with van der Waals surface area (Å²) in [6, 6.07) is 7.22. The van der Waals surface area contributed by atoms with Crippen LogP contribution in [0.5, 0.6) is 5.75 Å². The van der Waals surface area contributed by atoms with E-state index in [1.807, 2.05) is 13.8 Å². The van der Waals surface area contributed by atoms with Gasteiger partial charge < -0.3 is 14.8 Å². The van der Waals surface area contributed by atoms with E-state index in [0.717, 1.165) is 32.1 Å². The van der Waals surface area contributed by atoms with E-state index in [9.17, 15) is 10.1 Å². The van der Waals surface area contributed by atoms with Gasteiger partial charge in [-0.3, -0.25) is 4.79 Å². The second-order valence-electron chi connectivity index (χ2n) is 6.20. The predicted molar refractivity (Wildman–Crippen MR) is 88.4 cm³/mol. The van der Waals surface area contributed by atoms with Crippen LogP contribution in [0.3, 0.4) is 0 Å². The van der Waals surface area contributed by atoms with Crippen molar-refractivity contribution in [2.45, 2.75) is 57.7 Å². The van der Waals surface area contributed by atoms with Gasteiger partial charge in [0.25, 0.3) is 5.91 Å². The van der Waals surface area contributed by atoms with E-state index in [0.29, 0.717) is 17.0 Å². The molecule has 5 heteroatoms. The predicted octanol–water partition coefficient (Wildman–Crippen LogP) is 3.63. The van der Waals surface area contributed by atoms with Gasteiger partial charge in [-0.1, -0.05) is 19.3 Å². The quantitative estimate of drug-likeness (QED) is 0.900. The first-order chi connectivity index (χ1) is 11.0. The number of nitrogens with zero attached hydrogens (tertiary/aromatic N) is 1. The van der Waals surface area contributed by atoms with Gasteiger partial charge >= 0.3 is 0 Å². The van der Waals surface area contributed by atoms with Gasteiger partial charge in [0.05, 0.1) is 11.7 Å². The van der Waals surface area contributed by atoms with Gasteiger partial charge in [0.15, 0.2) is 0 Å². The Kier molecular flexibility index (Phi) is 5.62. The van der Waals surface area contributed by atoms with Crippen molar-refractivity contribution in [3.8, 4) is 11.8 Å². The lowest BCUT2D eigenvalue weighted by atomic mass is 9.84. The molecule has 1 aliphatic carbocycles. The molecule has 1 aliphatic rings. The summed E-state index contributed by atoms with van der Waals surface area (Å²) in [7, 11) is 1.59. The highest BCUT2D eigenvalue weighted by Gasteiger charge is 2.39. The molecular formula is C18H24N2O3. The summed E-state index contributed by atoms with van der Waals surface area (Å²) in [5.74, 6) is 0.390. The Morgan fingerprint density at radius 2 is 2.00 bits per heavy atom. The van der Waals surface area contributed by atoms with Crippen LogP contribution in [-0.2, 0) is 9.53 Å². The molecule has 0 aromatic heterocycles. The minimum atomic E-state index is -0.752. The van der Waals surface area contributed by atoms with E-state index in [4.69, 9.17) is 9.47 Å². The molecule has 2 rings (SSSR count). The molecule has 0 spiro atoms. The lowest BCUT2D eigenvalue weighted by Crippen LogP contribution is -2.46. The third-order valence-electron chi connectivity index (χ3n) is 4.19. The highest BCUT2D eigenvalue weighted by Crippen LogP contribution is 2.33. The first-order valence-corrected chi connectivity index (χ1v) is 8.08. The van der Waals surface area contributed by atoms with Crippen molar-refractivity contribution in [1.82, 2.24) is 0 Å². The monoisotopic (exact) mass is 316 g/mol. The van der Waals surface area contributed by atoms with E-state index >= 15 is 0 Å². The number of nitrogens with one attached hydrogen (secondary N) is 1. The van der Waals surface area contributed by atoms with Gasteiger partial charge in [0.2, 0.25) is 0 Å². The fourth-order valence-electron chi connectivity index (χ4n) is 2.94. The number of carbonyl (C=O) groups is 1. The van der Waals surface area contributed by atoms with Gasteiger partial charge in [-0.05, 0) is 44.9 Å². The number of methoxy groups -OCH3 is 1. The second kappa shape index (κ2) is 7.47. The van der Waals surface area contributed by atoms with Crippen LogP contribution in [0, 0.1) is 11.3 Å². The summed E-state index contributed by atoms with van der Waals surface area (Å²) < 4.78 is 11.1. The average molecular weight is 316 g/mol. The Bertz CT molecular complexity index is 599. The van der Waals surface area contributed by atoms with Gasteiger partial charge in [0, 0.05) is 12.8 Å². The van der Waals surface area contributed by atoms with Crippen molar-refractivity contribution in [2.24, 2.45) is 0 Å². The Balaban J connectivity index is 2.16. The highest BCUT2D eigenvalue weighted by molar-refractivity contribution is 5.97. The largest absolute Gasteiger partial charge is 0.490 e. The zero-order valence-electron chi connectivity index (χ0n) is 14.0. The van der Waals surface area contributed by atoms with Crippen LogP contribution >= 0.6 is 0 Å². The number of hydrogen-bond acceptors (Lipinski definition) is 4. The molecule has 1 aromatic carbocycles. The molecule has 0 radical (unpaired) electrons. The van der Waals surface area contributed by atoms with E-state index in [1.54, 1.807) is 25.3 Å². The third-order valence-corrected chi connectivity index (χ3v) is 4.19. The number of benzene rings is 1. The van der Waals surface area contributed by atoms with Crippen LogP contribution < -0.4 is 10.1 Å². The molecule has 1 N–H and O–H groups in total. The summed E-state index contributed by atoms with van der Waals surface area (Å²) in [5, 5.41) is 12.2. The summed E-state index contributed by atoms with van der Waals surface area (Å²) in [4.78, 5) is 12.6. The third kappa shape index (κ3) is 4.02. The van der Waals surface area contributed by atoms with Crippen LogP contribution in [0.4, 0.5) is 5.69 Å². The number of anilines is 1. The van der Waals surface area contributed by atoms with Crippen LogP contribution in [0.1, 0.15) is 51.5 Å². The zero-order chi connectivity index (χ0) is 16.9. The van der Waals surface area contributed by atoms with E-state index in [1.165, 1.54) is 0 Å². The van der Waals surface area contributed by atoms with Crippen molar-refractivity contribution in [3.05, 3.63) is 23.8 Å². The Labute approximate surface area is 137 Å². The maximum atomic E-state index is 12.6. The fraction of sp³-hybridized carbons (Fsp3) is 0.556. The number of ether oxygens (including phenoxy) is 2. The molecule has 1 saturated carbocycles. The smallest absolute Gasteiger partial charge is 0.256 e. The molecule has 5 nitrogen and oxygen atoms in total. The Hall–Kier alpha value is -2.06. The highest BCUT2D eigenvalue weighted by atomic mass is 16.5. The molecule has 1 fully saturated rings. The minimum Gasteiger partial charge on any atom is -0.490 e. The number of carbonyl (C=O) groups excluding carboxylic acids is 1.